The lowest BCUT2D eigenvalue weighted by atomic mass is 10.1. The molecule has 0 rings (SSSR count). The molecule has 0 aromatic rings. The van der Waals surface area contributed by atoms with Gasteiger partial charge in [0, 0.05) is 12.8 Å². The predicted molar refractivity (Wildman–Crippen MR) is 70.5 cm³/mol. The van der Waals surface area contributed by atoms with Crippen LogP contribution in [0, 0.1) is 5.92 Å². The van der Waals surface area contributed by atoms with Gasteiger partial charge in [0.1, 0.15) is 0 Å². The summed E-state index contributed by atoms with van der Waals surface area (Å²) in [6.07, 6.45) is 5.68. The van der Waals surface area contributed by atoms with Crippen molar-refractivity contribution in [3.8, 4) is 0 Å². The Kier molecular flexibility index (Phi) is 9.75. The molecule has 0 aliphatic heterocycles. The Morgan fingerprint density at radius 3 is 1.84 bits per heavy atom. The van der Waals surface area contributed by atoms with Crippen LogP contribution < -0.4 is 0 Å². The topological polar surface area (TPSA) is 80.7 Å². The van der Waals surface area contributed by atoms with Crippen molar-refractivity contribution in [3.63, 3.8) is 0 Å². The molecule has 19 heavy (non-hydrogen) atoms. The molecular weight excluding hydrogens is 248 g/mol. The third-order valence-electron chi connectivity index (χ3n) is 2.71. The van der Waals surface area contributed by atoms with Crippen molar-refractivity contribution >= 4 is 17.9 Å². The highest BCUT2D eigenvalue weighted by Crippen LogP contribution is 2.09. The van der Waals surface area contributed by atoms with Gasteiger partial charge in [-0.2, -0.15) is 0 Å². The summed E-state index contributed by atoms with van der Waals surface area (Å²) in [7, 11) is 0. The first-order valence-electron chi connectivity index (χ1n) is 6.89. The Morgan fingerprint density at radius 1 is 0.895 bits per heavy atom. The number of carbonyl (C=O) groups excluding carboxylic acids is 2. The van der Waals surface area contributed by atoms with Gasteiger partial charge in [0.2, 0.25) is 0 Å². The highest BCUT2D eigenvalue weighted by atomic mass is 16.6. The summed E-state index contributed by atoms with van der Waals surface area (Å²) >= 11 is 0. The van der Waals surface area contributed by atoms with Gasteiger partial charge >= 0.3 is 17.9 Å². The van der Waals surface area contributed by atoms with Crippen LogP contribution in [0.4, 0.5) is 0 Å². The summed E-state index contributed by atoms with van der Waals surface area (Å²) in [5.41, 5.74) is 0. The van der Waals surface area contributed by atoms with Gasteiger partial charge in [0.25, 0.3) is 0 Å². The van der Waals surface area contributed by atoms with Crippen molar-refractivity contribution in [2.24, 2.45) is 5.92 Å². The maximum atomic E-state index is 11.3. The van der Waals surface area contributed by atoms with Crippen LogP contribution >= 0.6 is 0 Å². The highest BCUT2D eigenvalue weighted by molar-refractivity contribution is 5.86. The van der Waals surface area contributed by atoms with Crippen LogP contribution in [0.15, 0.2) is 0 Å². The van der Waals surface area contributed by atoms with Crippen LogP contribution in [0.25, 0.3) is 0 Å². The second-order valence-electron chi connectivity index (χ2n) is 4.96. The Balaban J connectivity index is 3.37. The molecule has 0 amide bonds. The van der Waals surface area contributed by atoms with E-state index in [0.717, 1.165) is 25.7 Å². The summed E-state index contributed by atoms with van der Waals surface area (Å²) in [6, 6.07) is 0. The minimum Gasteiger partial charge on any atom is -0.481 e. The summed E-state index contributed by atoms with van der Waals surface area (Å²) in [5.74, 6) is -1.96. The van der Waals surface area contributed by atoms with Crippen molar-refractivity contribution in [2.75, 3.05) is 0 Å². The maximum Gasteiger partial charge on any atom is 0.316 e. The van der Waals surface area contributed by atoms with E-state index >= 15 is 0 Å². The number of esters is 2. The number of hydrogen-bond donors (Lipinski definition) is 1. The lowest BCUT2D eigenvalue weighted by molar-refractivity contribution is -0.162. The Labute approximate surface area is 114 Å². The summed E-state index contributed by atoms with van der Waals surface area (Å²) in [5, 5.41) is 8.45. The normalized spacial score (nSPS) is 10.5. The molecule has 0 saturated carbocycles. The van der Waals surface area contributed by atoms with E-state index < -0.39 is 17.9 Å². The third-order valence-corrected chi connectivity index (χ3v) is 2.71. The minimum absolute atomic E-state index is 0.226. The van der Waals surface area contributed by atoms with E-state index in [0.29, 0.717) is 12.8 Å². The third kappa shape index (κ3) is 11.4. The fraction of sp³-hybridized carbons (Fsp3) is 0.786. The number of carbonyl (C=O) groups is 3. The van der Waals surface area contributed by atoms with Gasteiger partial charge in [-0.1, -0.05) is 39.5 Å². The van der Waals surface area contributed by atoms with Gasteiger partial charge in [-0.15, -0.1) is 0 Å². The van der Waals surface area contributed by atoms with Crippen LogP contribution in [0.5, 0.6) is 0 Å². The van der Waals surface area contributed by atoms with E-state index in [1.807, 2.05) is 0 Å². The van der Waals surface area contributed by atoms with Crippen molar-refractivity contribution in [1.82, 2.24) is 0 Å². The molecule has 0 spiro atoms. The molecule has 0 bridgehead atoms. The Bertz CT molecular complexity index is 296. The minimum atomic E-state index is -0.752. The summed E-state index contributed by atoms with van der Waals surface area (Å²) in [4.78, 5) is 32.7. The molecule has 0 unspecified atom stereocenters. The first-order valence-corrected chi connectivity index (χ1v) is 6.89. The monoisotopic (exact) mass is 272 g/mol. The molecule has 0 saturated heterocycles. The SMILES string of the molecule is CC(C)C(=O)OC(=O)CCCCCCCCC(=O)O. The second kappa shape index (κ2) is 10.5. The first-order chi connectivity index (χ1) is 8.93. The van der Waals surface area contributed by atoms with E-state index in [1.54, 1.807) is 13.8 Å². The quantitative estimate of drug-likeness (QED) is 0.375. The molecule has 0 aliphatic rings. The number of ether oxygens (including phenoxy) is 1. The Morgan fingerprint density at radius 2 is 1.37 bits per heavy atom. The van der Waals surface area contributed by atoms with Crippen molar-refractivity contribution < 1.29 is 24.2 Å². The first kappa shape index (κ1) is 17.6. The highest BCUT2D eigenvalue weighted by Gasteiger charge is 2.13. The van der Waals surface area contributed by atoms with Crippen LogP contribution in [0.3, 0.4) is 0 Å². The largest absolute Gasteiger partial charge is 0.481 e. The lowest BCUT2D eigenvalue weighted by Gasteiger charge is -2.05. The molecule has 0 aliphatic carbocycles. The molecule has 5 heteroatoms. The van der Waals surface area contributed by atoms with Gasteiger partial charge in [-0.3, -0.25) is 14.4 Å². The van der Waals surface area contributed by atoms with E-state index in [2.05, 4.69) is 4.74 Å². The summed E-state index contributed by atoms with van der Waals surface area (Å²) in [6.45, 7) is 3.37. The fourth-order valence-electron chi connectivity index (χ4n) is 1.53. The van der Waals surface area contributed by atoms with Gasteiger partial charge < -0.3 is 9.84 Å². The molecule has 5 nitrogen and oxygen atoms in total. The van der Waals surface area contributed by atoms with Crippen molar-refractivity contribution in [1.29, 1.82) is 0 Å². The van der Waals surface area contributed by atoms with E-state index in [-0.39, 0.29) is 18.8 Å². The van der Waals surface area contributed by atoms with Crippen LogP contribution in [0.1, 0.15) is 65.2 Å². The molecular formula is C14H24O5. The lowest BCUT2D eigenvalue weighted by Crippen LogP contribution is -2.16. The maximum absolute atomic E-state index is 11.3. The van der Waals surface area contributed by atoms with Gasteiger partial charge in [0.05, 0.1) is 5.92 Å². The van der Waals surface area contributed by atoms with Gasteiger partial charge in [-0.25, -0.2) is 0 Å². The second-order valence-corrected chi connectivity index (χ2v) is 4.96. The van der Waals surface area contributed by atoms with Crippen molar-refractivity contribution in [3.05, 3.63) is 0 Å². The molecule has 0 aromatic carbocycles. The average Bonchev–Trinajstić information content (AvgIpc) is 2.31. The Hall–Kier alpha value is -1.39. The standard InChI is InChI=1S/C14H24O5/c1-11(2)14(18)19-13(17)10-8-6-4-3-5-7-9-12(15)16/h11H,3-10H2,1-2H3,(H,15,16). The molecule has 0 heterocycles. The van der Waals surface area contributed by atoms with E-state index in [4.69, 9.17) is 5.11 Å². The number of hydrogen-bond acceptors (Lipinski definition) is 4. The van der Waals surface area contributed by atoms with Crippen molar-refractivity contribution in [2.45, 2.75) is 65.2 Å². The number of carboxylic acids is 1. The van der Waals surface area contributed by atoms with Crippen LogP contribution in [-0.2, 0) is 19.1 Å². The zero-order valence-electron chi connectivity index (χ0n) is 11.8. The molecule has 0 aromatic heterocycles. The zero-order chi connectivity index (χ0) is 14.7. The molecule has 110 valence electrons. The van der Waals surface area contributed by atoms with Gasteiger partial charge in [0.15, 0.2) is 0 Å². The number of carboxylic acid groups (broad SMARTS) is 1. The fourth-order valence-corrected chi connectivity index (χ4v) is 1.53. The molecule has 0 atom stereocenters. The zero-order valence-corrected chi connectivity index (χ0v) is 11.8. The predicted octanol–water partition coefficient (Wildman–Crippen LogP) is 2.92. The molecule has 0 radical (unpaired) electrons. The summed E-state index contributed by atoms with van der Waals surface area (Å²) < 4.78 is 4.64. The van der Waals surface area contributed by atoms with Gasteiger partial charge in [-0.05, 0) is 12.8 Å². The molecule has 1 N–H and O–H groups in total. The average molecular weight is 272 g/mol. The smallest absolute Gasteiger partial charge is 0.316 e. The van der Waals surface area contributed by atoms with E-state index in [9.17, 15) is 14.4 Å². The van der Waals surface area contributed by atoms with E-state index in [1.165, 1.54) is 0 Å². The van der Waals surface area contributed by atoms with Crippen LogP contribution in [0.2, 0.25) is 0 Å². The van der Waals surface area contributed by atoms with Crippen LogP contribution in [-0.4, -0.2) is 23.0 Å². The molecule has 0 fully saturated rings. The number of rotatable bonds is 10. The number of unbranched alkanes of at least 4 members (excludes halogenated alkanes) is 5. The number of aliphatic carboxylic acids is 1.